The van der Waals surface area contributed by atoms with Gasteiger partial charge in [-0.25, -0.2) is 14.8 Å². The lowest BCUT2D eigenvalue weighted by Crippen LogP contribution is -2.38. The number of methoxy groups -OCH3 is 1. The highest BCUT2D eigenvalue weighted by Crippen LogP contribution is 2.30. The molecule has 27 heavy (non-hydrogen) atoms. The normalized spacial score (nSPS) is 17.7. The molecule has 6 nitrogen and oxygen atoms in total. The molecule has 2 heterocycles. The SMILES string of the molecule is COC(=O)c1ccc(-c2cnc(N3CCC(OCC4CC4)CC3)nc2)cc1. The van der Waals surface area contributed by atoms with E-state index in [1.165, 1.54) is 20.0 Å². The molecule has 2 fully saturated rings. The fourth-order valence-corrected chi connectivity index (χ4v) is 3.33. The second-order valence-corrected chi connectivity index (χ2v) is 7.30. The second kappa shape index (κ2) is 8.05. The van der Waals surface area contributed by atoms with Crippen LogP contribution in [0.1, 0.15) is 36.0 Å². The van der Waals surface area contributed by atoms with Gasteiger partial charge in [-0.05, 0) is 49.3 Å². The van der Waals surface area contributed by atoms with Gasteiger partial charge in [0, 0.05) is 37.7 Å². The number of ether oxygens (including phenoxy) is 2. The second-order valence-electron chi connectivity index (χ2n) is 7.30. The van der Waals surface area contributed by atoms with Crippen LogP contribution in [-0.2, 0) is 9.47 Å². The Bertz CT molecular complexity index is 764. The number of carbonyl (C=O) groups excluding carboxylic acids is 1. The number of benzene rings is 1. The molecule has 1 saturated heterocycles. The third-order valence-corrected chi connectivity index (χ3v) is 5.27. The van der Waals surface area contributed by atoms with Crippen LogP contribution in [0.15, 0.2) is 36.7 Å². The predicted octanol–water partition coefficient (Wildman–Crippen LogP) is 3.33. The summed E-state index contributed by atoms with van der Waals surface area (Å²) in [6.07, 6.45) is 8.81. The Hall–Kier alpha value is -2.47. The first-order valence-corrected chi connectivity index (χ1v) is 9.60. The van der Waals surface area contributed by atoms with Crippen molar-refractivity contribution < 1.29 is 14.3 Å². The van der Waals surface area contributed by atoms with E-state index in [0.717, 1.165) is 55.5 Å². The lowest BCUT2D eigenvalue weighted by atomic mass is 10.1. The molecule has 0 atom stereocenters. The number of aromatic nitrogens is 2. The van der Waals surface area contributed by atoms with Crippen LogP contribution >= 0.6 is 0 Å². The summed E-state index contributed by atoms with van der Waals surface area (Å²) < 4.78 is 10.7. The molecule has 0 radical (unpaired) electrons. The van der Waals surface area contributed by atoms with Crippen molar-refractivity contribution in [3.05, 3.63) is 42.2 Å². The minimum absolute atomic E-state index is 0.335. The Balaban J connectivity index is 1.34. The summed E-state index contributed by atoms with van der Waals surface area (Å²) in [6, 6.07) is 7.27. The largest absolute Gasteiger partial charge is 0.465 e. The van der Waals surface area contributed by atoms with E-state index >= 15 is 0 Å². The van der Waals surface area contributed by atoms with E-state index in [1.54, 1.807) is 12.1 Å². The number of hydrogen-bond donors (Lipinski definition) is 0. The van der Waals surface area contributed by atoms with Crippen LogP contribution in [0.4, 0.5) is 5.95 Å². The van der Waals surface area contributed by atoms with Crippen molar-refractivity contribution in [3.8, 4) is 11.1 Å². The Labute approximate surface area is 159 Å². The van der Waals surface area contributed by atoms with Gasteiger partial charge in [0.25, 0.3) is 0 Å². The Morgan fingerprint density at radius 1 is 1.04 bits per heavy atom. The molecule has 2 aliphatic rings. The summed E-state index contributed by atoms with van der Waals surface area (Å²) >= 11 is 0. The van der Waals surface area contributed by atoms with Crippen molar-refractivity contribution in [2.45, 2.75) is 31.8 Å². The third-order valence-electron chi connectivity index (χ3n) is 5.27. The fourth-order valence-electron chi connectivity index (χ4n) is 3.33. The van der Waals surface area contributed by atoms with E-state index in [1.807, 2.05) is 24.5 Å². The van der Waals surface area contributed by atoms with Gasteiger partial charge >= 0.3 is 5.97 Å². The lowest BCUT2D eigenvalue weighted by molar-refractivity contribution is 0.0303. The summed E-state index contributed by atoms with van der Waals surface area (Å²) in [5, 5.41) is 0. The number of esters is 1. The van der Waals surface area contributed by atoms with E-state index in [9.17, 15) is 4.79 Å². The van der Waals surface area contributed by atoms with Gasteiger partial charge in [-0.3, -0.25) is 0 Å². The van der Waals surface area contributed by atoms with Crippen molar-refractivity contribution >= 4 is 11.9 Å². The number of hydrogen-bond acceptors (Lipinski definition) is 6. The summed E-state index contributed by atoms with van der Waals surface area (Å²) in [4.78, 5) is 22.8. The monoisotopic (exact) mass is 367 g/mol. The highest BCUT2D eigenvalue weighted by Gasteiger charge is 2.26. The molecule has 0 bridgehead atoms. The molecular weight excluding hydrogens is 342 g/mol. The number of nitrogens with zero attached hydrogens (tertiary/aromatic N) is 3. The van der Waals surface area contributed by atoms with Crippen molar-refractivity contribution in [1.29, 1.82) is 0 Å². The van der Waals surface area contributed by atoms with Gasteiger partial charge < -0.3 is 14.4 Å². The zero-order valence-electron chi connectivity index (χ0n) is 15.6. The Kier molecular flexibility index (Phi) is 5.34. The number of anilines is 1. The van der Waals surface area contributed by atoms with Crippen LogP contribution in [0.2, 0.25) is 0 Å². The lowest BCUT2D eigenvalue weighted by Gasteiger charge is -2.32. The summed E-state index contributed by atoms with van der Waals surface area (Å²) in [6.45, 7) is 2.80. The molecule has 0 spiro atoms. The van der Waals surface area contributed by atoms with Crippen LogP contribution in [0, 0.1) is 5.92 Å². The highest BCUT2D eigenvalue weighted by molar-refractivity contribution is 5.89. The topological polar surface area (TPSA) is 64.5 Å². The third kappa shape index (κ3) is 4.45. The fraction of sp³-hybridized carbons (Fsp3) is 0.476. The molecule has 2 aromatic rings. The summed E-state index contributed by atoms with van der Waals surface area (Å²) in [5.41, 5.74) is 2.43. The molecule has 0 N–H and O–H groups in total. The maximum Gasteiger partial charge on any atom is 0.337 e. The number of carbonyl (C=O) groups is 1. The minimum atomic E-state index is -0.335. The quantitative estimate of drug-likeness (QED) is 0.730. The van der Waals surface area contributed by atoms with E-state index in [-0.39, 0.29) is 5.97 Å². The molecule has 1 aromatic heterocycles. The first kappa shape index (κ1) is 17.9. The molecule has 1 saturated carbocycles. The van der Waals surface area contributed by atoms with Gasteiger partial charge in [0.15, 0.2) is 0 Å². The zero-order chi connectivity index (χ0) is 18.6. The van der Waals surface area contributed by atoms with Crippen LogP contribution in [0.25, 0.3) is 11.1 Å². The Morgan fingerprint density at radius 2 is 1.70 bits per heavy atom. The first-order valence-electron chi connectivity index (χ1n) is 9.60. The van der Waals surface area contributed by atoms with Gasteiger partial charge in [0.2, 0.25) is 5.95 Å². The van der Waals surface area contributed by atoms with Crippen molar-refractivity contribution in [2.24, 2.45) is 5.92 Å². The Morgan fingerprint density at radius 3 is 2.30 bits per heavy atom. The van der Waals surface area contributed by atoms with E-state index in [2.05, 4.69) is 14.9 Å². The average Bonchev–Trinajstić information content (AvgIpc) is 3.57. The predicted molar refractivity (Wildman–Crippen MR) is 103 cm³/mol. The standard InChI is InChI=1S/C21H25N3O3/c1-26-20(25)17-6-4-16(5-7-17)18-12-22-21(23-13-18)24-10-8-19(9-11-24)27-14-15-2-3-15/h4-7,12-13,15,19H,2-3,8-11,14H2,1H3. The van der Waals surface area contributed by atoms with Gasteiger partial charge in [0.05, 0.1) is 18.8 Å². The van der Waals surface area contributed by atoms with Gasteiger partial charge in [-0.15, -0.1) is 0 Å². The average molecular weight is 367 g/mol. The van der Waals surface area contributed by atoms with Crippen molar-refractivity contribution in [2.75, 3.05) is 31.7 Å². The van der Waals surface area contributed by atoms with E-state index < -0.39 is 0 Å². The molecule has 4 rings (SSSR count). The maximum atomic E-state index is 11.5. The molecular formula is C21H25N3O3. The van der Waals surface area contributed by atoms with Gasteiger partial charge in [0.1, 0.15) is 0 Å². The van der Waals surface area contributed by atoms with Crippen LogP contribution in [0.3, 0.4) is 0 Å². The molecule has 0 amide bonds. The smallest absolute Gasteiger partial charge is 0.337 e. The minimum Gasteiger partial charge on any atom is -0.465 e. The van der Waals surface area contributed by atoms with Gasteiger partial charge in [-0.2, -0.15) is 0 Å². The van der Waals surface area contributed by atoms with Crippen LogP contribution in [0.5, 0.6) is 0 Å². The van der Waals surface area contributed by atoms with E-state index in [0.29, 0.717) is 11.7 Å². The highest BCUT2D eigenvalue weighted by atomic mass is 16.5. The van der Waals surface area contributed by atoms with Crippen molar-refractivity contribution in [1.82, 2.24) is 9.97 Å². The van der Waals surface area contributed by atoms with Gasteiger partial charge in [-0.1, -0.05) is 12.1 Å². The summed E-state index contributed by atoms with van der Waals surface area (Å²) in [7, 11) is 1.38. The molecule has 1 aliphatic carbocycles. The maximum absolute atomic E-state index is 11.5. The molecule has 142 valence electrons. The molecule has 0 unspecified atom stereocenters. The van der Waals surface area contributed by atoms with Crippen LogP contribution in [-0.4, -0.2) is 48.8 Å². The number of rotatable bonds is 6. The first-order chi connectivity index (χ1) is 13.2. The molecule has 6 heteroatoms. The van der Waals surface area contributed by atoms with E-state index in [4.69, 9.17) is 9.47 Å². The van der Waals surface area contributed by atoms with Crippen molar-refractivity contribution in [3.63, 3.8) is 0 Å². The summed E-state index contributed by atoms with van der Waals surface area (Å²) in [5.74, 6) is 1.25. The molecule has 1 aromatic carbocycles. The number of piperidine rings is 1. The van der Waals surface area contributed by atoms with Crippen LogP contribution < -0.4 is 4.90 Å². The zero-order valence-corrected chi connectivity index (χ0v) is 15.6. The molecule has 1 aliphatic heterocycles.